The molecule has 0 aromatic heterocycles. The number of hydrogen-bond donors (Lipinski definition) is 0. The topological polar surface area (TPSA) is 100 Å². The normalized spacial score (nSPS) is 10.5. The molecule has 0 amide bonds. The molecule has 0 unspecified atom stereocenters. The van der Waals surface area contributed by atoms with Gasteiger partial charge in [-0.3, -0.25) is 10.1 Å². The molecule has 0 heterocycles. The number of nitro groups is 1. The van der Waals surface area contributed by atoms with Crippen molar-refractivity contribution in [1.29, 1.82) is 0 Å². The van der Waals surface area contributed by atoms with E-state index >= 15 is 0 Å². The minimum atomic E-state index is -4.65. The summed E-state index contributed by atoms with van der Waals surface area (Å²) in [5.41, 5.74) is -0.417. The summed E-state index contributed by atoms with van der Waals surface area (Å²) in [4.78, 5) is 8.98. The van der Waals surface area contributed by atoms with Crippen LogP contribution in [0, 0.1) is 13.7 Å². The number of rotatable bonds is 2. The fourth-order valence-corrected chi connectivity index (χ4v) is 2.51. The fourth-order valence-electron chi connectivity index (χ4n) is 0.797. The second kappa shape index (κ2) is 5.55. The Hall–Kier alpha value is 0.260. The maximum absolute atomic E-state index is 10.6. The first kappa shape index (κ1) is 15.3. The maximum Gasteiger partial charge on any atom is 1.00 e. The molecule has 0 aliphatic heterocycles. The molecule has 0 atom stereocenters. The van der Waals surface area contributed by atoms with Crippen LogP contribution in [0.4, 0.5) is 5.69 Å². The number of halogens is 1. The zero-order valence-electron chi connectivity index (χ0n) is 7.51. The molecule has 0 fully saturated rings. The third-order valence-corrected chi connectivity index (χ3v) is 3.58. The summed E-state index contributed by atoms with van der Waals surface area (Å²) in [6.45, 7) is 0. The Morgan fingerprint density at radius 1 is 1.33 bits per heavy atom. The molecule has 9 heteroatoms. The van der Waals surface area contributed by atoms with E-state index in [1.807, 2.05) is 0 Å². The van der Waals surface area contributed by atoms with Crippen LogP contribution in [0.3, 0.4) is 0 Å². The largest absolute Gasteiger partial charge is 1.00 e. The zero-order chi connectivity index (χ0) is 10.9. The summed E-state index contributed by atoms with van der Waals surface area (Å²) >= 11 is 1.62. The van der Waals surface area contributed by atoms with Crippen molar-refractivity contribution in [3.8, 4) is 0 Å². The van der Waals surface area contributed by atoms with E-state index in [2.05, 4.69) is 0 Å². The second-order valence-corrected chi connectivity index (χ2v) is 4.84. The van der Waals surface area contributed by atoms with Gasteiger partial charge >= 0.3 is 29.6 Å². The summed E-state index contributed by atoms with van der Waals surface area (Å²) in [7, 11) is -4.65. The summed E-state index contributed by atoms with van der Waals surface area (Å²) in [5.74, 6) is 0. The monoisotopic (exact) mass is 351 g/mol. The molecule has 1 aromatic rings. The van der Waals surface area contributed by atoms with Crippen molar-refractivity contribution in [1.82, 2.24) is 0 Å². The van der Waals surface area contributed by atoms with E-state index in [0.717, 1.165) is 12.1 Å². The standard InChI is InChI=1S/C6H4INO5S.Na/c7-5-2-1-4(8(9)10)3-6(5)14(11,12)13;/h1-3H,(H,11,12,13);/q;+1/p-1. The van der Waals surface area contributed by atoms with E-state index in [1.54, 1.807) is 22.6 Å². The Morgan fingerprint density at radius 3 is 2.27 bits per heavy atom. The Balaban J connectivity index is 0.00000196. The van der Waals surface area contributed by atoms with Gasteiger partial charge in [-0.15, -0.1) is 0 Å². The van der Waals surface area contributed by atoms with Crippen molar-refractivity contribution in [3.05, 3.63) is 31.9 Å². The van der Waals surface area contributed by atoms with Gasteiger partial charge < -0.3 is 4.55 Å². The van der Waals surface area contributed by atoms with Crippen LogP contribution in [0.1, 0.15) is 0 Å². The van der Waals surface area contributed by atoms with Crippen LogP contribution < -0.4 is 29.6 Å². The van der Waals surface area contributed by atoms with Gasteiger partial charge in [0.1, 0.15) is 10.1 Å². The number of nitro benzene ring substituents is 1. The van der Waals surface area contributed by atoms with E-state index in [1.165, 1.54) is 6.07 Å². The van der Waals surface area contributed by atoms with Crippen LogP contribution in [0.25, 0.3) is 0 Å². The van der Waals surface area contributed by atoms with E-state index in [-0.39, 0.29) is 33.1 Å². The quantitative estimate of drug-likeness (QED) is 0.204. The van der Waals surface area contributed by atoms with Crippen molar-refractivity contribution in [2.45, 2.75) is 4.90 Å². The Morgan fingerprint density at radius 2 is 1.87 bits per heavy atom. The minimum absolute atomic E-state index is 0. The second-order valence-electron chi connectivity index (χ2n) is 2.33. The summed E-state index contributed by atoms with van der Waals surface area (Å²) in [6, 6.07) is 3.10. The predicted molar refractivity (Wildman–Crippen MR) is 53.8 cm³/mol. The number of nitrogens with zero attached hydrogens (tertiary/aromatic N) is 1. The molecule has 0 aliphatic carbocycles. The first-order valence-electron chi connectivity index (χ1n) is 3.22. The maximum atomic E-state index is 10.6. The third kappa shape index (κ3) is 3.96. The van der Waals surface area contributed by atoms with Gasteiger partial charge in [-0.05, 0) is 28.7 Å². The van der Waals surface area contributed by atoms with Crippen LogP contribution >= 0.6 is 22.6 Å². The Bertz CT molecular complexity index is 488. The third-order valence-electron chi connectivity index (χ3n) is 1.39. The zero-order valence-corrected chi connectivity index (χ0v) is 12.5. The van der Waals surface area contributed by atoms with Crippen molar-refractivity contribution < 1.29 is 47.5 Å². The van der Waals surface area contributed by atoms with Crippen LogP contribution in [-0.4, -0.2) is 17.9 Å². The first-order chi connectivity index (χ1) is 6.32. The molecule has 6 nitrogen and oxygen atoms in total. The molecule has 1 aromatic carbocycles. The number of non-ortho nitro benzene ring substituents is 1. The van der Waals surface area contributed by atoms with Gasteiger partial charge in [0.25, 0.3) is 5.69 Å². The average Bonchev–Trinajstić information content (AvgIpc) is 2.02. The Labute approximate surface area is 121 Å². The van der Waals surface area contributed by atoms with Gasteiger partial charge in [0.05, 0.1) is 9.82 Å². The fraction of sp³-hybridized carbons (Fsp3) is 0. The van der Waals surface area contributed by atoms with Crippen molar-refractivity contribution >= 4 is 38.4 Å². The van der Waals surface area contributed by atoms with Crippen molar-refractivity contribution in [3.63, 3.8) is 0 Å². The molecular formula is C6H3INNaO5S. The van der Waals surface area contributed by atoms with Gasteiger partial charge in [-0.1, -0.05) is 0 Å². The van der Waals surface area contributed by atoms with Gasteiger partial charge in [-0.2, -0.15) is 0 Å². The predicted octanol–water partition coefficient (Wildman–Crippen LogP) is -1.89. The van der Waals surface area contributed by atoms with E-state index in [4.69, 9.17) is 0 Å². The molecule has 0 N–H and O–H groups in total. The van der Waals surface area contributed by atoms with E-state index in [9.17, 15) is 23.1 Å². The smallest absolute Gasteiger partial charge is 0.744 e. The van der Waals surface area contributed by atoms with Crippen LogP contribution in [-0.2, 0) is 10.1 Å². The average molecular weight is 351 g/mol. The van der Waals surface area contributed by atoms with Crippen molar-refractivity contribution in [2.75, 3.05) is 0 Å². The Kier molecular flexibility index (Phi) is 5.64. The molecule has 0 saturated heterocycles. The summed E-state index contributed by atoms with van der Waals surface area (Å²) in [5, 5.41) is 10.3. The molecule has 0 saturated carbocycles. The van der Waals surface area contributed by atoms with Crippen LogP contribution in [0.5, 0.6) is 0 Å². The number of hydrogen-bond acceptors (Lipinski definition) is 5. The van der Waals surface area contributed by atoms with Gasteiger partial charge in [0.2, 0.25) is 0 Å². The molecule has 0 bridgehead atoms. The van der Waals surface area contributed by atoms with Gasteiger partial charge in [0.15, 0.2) is 0 Å². The summed E-state index contributed by atoms with van der Waals surface area (Å²) < 4.78 is 32.1. The number of benzene rings is 1. The molecule has 15 heavy (non-hydrogen) atoms. The molecule has 0 aliphatic rings. The molecule has 1 rings (SSSR count). The molecule has 0 radical (unpaired) electrons. The molecular weight excluding hydrogens is 348 g/mol. The van der Waals surface area contributed by atoms with Gasteiger partial charge in [0, 0.05) is 15.7 Å². The van der Waals surface area contributed by atoms with Crippen LogP contribution in [0.15, 0.2) is 23.1 Å². The van der Waals surface area contributed by atoms with Crippen molar-refractivity contribution in [2.24, 2.45) is 0 Å². The first-order valence-corrected chi connectivity index (χ1v) is 5.71. The summed E-state index contributed by atoms with van der Waals surface area (Å²) in [6.07, 6.45) is 0. The van der Waals surface area contributed by atoms with E-state index < -0.39 is 25.6 Å². The van der Waals surface area contributed by atoms with Crippen LogP contribution in [0.2, 0.25) is 0 Å². The van der Waals surface area contributed by atoms with E-state index in [0.29, 0.717) is 0 Å². The molecule has 0 spiro atoms. The molecule has 76 valence electrons. The van der Waals surface area contributed by atoms with Gasteiger partial charge in [-0.25, -0.2) is 8.42 Å². The minimum Gasteiger partial charge on any atom is -0.744 e. The SMILES string of the molecule is O=[N+]([O-])c1ccc(I)c(S(=O)(=O)[O-])c1.[Na+].